The Morgan fingerprint density at radius 1 is 1.00 bits per heavy atom. The topological polar surface area (TPSA) is 0 Å². The van der Waals surface area contributed by atoms with Gasteiger partial charge in [0, 0.05) is 0 Å². The first-order valence-corrected chi connectivity index (χ1v) is 22.5. The average molecular weight is 467 g/mol. The molecular formula is H2Br4Ge2. The second-order valence-electron chi connectivity index (χ2n) is 0.214. The van der Waals surface area contributed by atoms with Gasteiger partial charge in [0.25, 0.3) is 0 Å². The Bertz CT molecular complexity index is 10.3. The van der Waals surface area contributed by atoms with Crippen LogP contribution in [0.3, 0.4) is 0 Å². The first-order valence-electron chi connectivity index (χ1n) is 0.834. The molecular weight excluding hydrogens is 465 g/mol. The van der Waals surface area contributed by atoms with E-state index < -0.39 is 8.82 Å². The summed E-state index contributed by atoms with van der Waals surface area (Å²) in [6.45, 7) is 0. The molecule has 0 saturated heterocycles. The quantitative estimate of drug-likeness (QED) is 0.480. The average Bonchev–Trinajstić information content (AvgIpc) is 1.41. The van der Waals surface area contributed by atoms with Gasteiger partial charge in [-0.25, -0.2) is 0 Å². The molecule has 0 aromatic carbocycles. The van der Waals surface area contributed by atoms with Gasteiger partial charge in [-0.15, -0.1) is 0 Å². The third-order valence-electron chi connectivity index (χ3n) is 0. The molecule has 0 aliphatic rings. The molecule has 0 aliphatic carbocycles. The van der Waals surface area contributed by atoms with Crippen LogP contribution in [0.1, 0.15) is 0 Å². The zero-order chi connectivity index (χ0) is 5.58. The predicted molar refractivity (Wildman–Crippen MR) is 50.0 cm³/mol. The molecule has 0 atom stereocenters. The molecule has 0 N–H and O–H groups in total. The van der Waals surface area contributed by atoms with Crippen LogP contribution in [-0.2, 0) is 0 Å². The third-order valence-corrected chi connectivity index (χ3v) is 0. The van der Waals surface area contributed by atoms with Crippen LogP contribution in [0, 0.1) is 0 Å². The van der Waals surface area contributed by atoms with E-state index in [-0.39, 0.29) is 0 Å². The van der Waals surface area contributed by atoms with Gasteiger partial charge >= 0.3 is 79.5 Å². The molecule has 0 heterocycles. The minimum atomic E-state index is -0.896. The van der Waals surface area contributed by atoms with Crippen molar-refractivity contribution in [2.45, 2.75) is 0 Å². The molecule has 6 heavy (non-hydrogen) atoms. The number of halogens is 4. The van der Waals surface area contributed by atoms with E-state index in [1.165, 1.54) is 14.7 Å². The summed E-state index contributed by atoms with van der Waals surface area (Å²) < 4.78 is 0. The van der Waals surface area contributed by atoms with Crippen LogP contribution in [0.5, 0.6) is 0 Å². The van der Waals surface area contributed by atoms with E-state index in [2.05, 4.69) is 56.0 Å². The van der Waals surface area contributed by atoms with Gasteiger partial charge in [0.05, 0.1) is 0 Å². The molecule has 0 saturated carbocycles. The van der Waals surface area contributed by atoms with E-state index in [1.54, 1.807) is 0 Å². The van der Waals surface area contributed by atoms with Gasteiger partial charge in [0.2, 0.25) is 0 Å². The van der Waals surface area contributed by atoms with E-state index >= 15 is 0 Å². The molecule has 0 aromatic rings. The Balaban J connectivity index is 0. The van der Waals surface area contributed by atoms with Crippen LogP contribution in [0.25, 0.3) is 0 Å². The Hall–Kier alpha value is 3.01. The van der Waals surface area contributed by atoms with Gasteiger partial charge in [0.15, 0.2) is 0 Å². The third kappa shape index (κ3) is 28.0. The molecule has 0 fully saturated rings. The Labute approximate surface area is 78.0 Å². The zero-order valence-electron chi connectivity index (χ0n) is 2.72. The Kier molecular flexibility index (Phi) is 21.4. The summed E-state index contributed by atoms with van der Waals surface area (Å²) in [5.41, 5.74) is 0. The van der Waals surface area contributed by atoms with Crippen LogP contribution in [0.15, 0.2) is 0 Å². The molecule has 0 bridgehead atoms. The van der Waals surface area contributed by atoms with Crippen LogP contribution >= 0.6 is 56.0 Å². The summed E-state index contributed by atoms with van der Waals surface area (Å²) in [5, 5.41) is 0. The van der Waals surface area contributed by atoms with Crippen LogP contribution in [0.4, 0.5) is 0 Å². The summed E-state index contributed by atoms with van der Waals surface area (Å²) in [6, 6.07) is 0. The predicted octanol–water partition coefficient (Wildman–Crippen LogP) is 2.09. The fraction of sp³-hybridized carbons (Fsp3) is 0. The van der Waals surface area contributed by atoms with Crippen molar-refractivity contribution >= 4 is 79.5 Å². The van der Waals surface area contributed by atoms with E-state index in [4.69, 9.17) is 0 Å². The maximum absolute atomic E-state index is 3.27. The summed E-state index contributed by atoms with van der Waals surface area (Å²) >= 11 is 14.1. The minimum absolute atomic E-state index is 0.896. The molecule has 6 heteroatoms. The normalized spacial score (nSPS) is 7.00. The van der Waals surface area contributed by atoms with Crippen molar-refractivity contribution in [2.24, 2.45) is 0 Å². The first kappa shape index (κ1) is 11.8. The molecule has 0 aliphatic heterocycles. The fourth-order valence-electron chi connectivity index (χ4n) is 0. The van der Waals surface area contributed by atoms with Crippen molar-refractivity contribution in [3.05, 3.63) is 0 Å². The van der Waals surface area contributed by atoms with Crippen molar-refractivity contribution in [1.82, 2.24) is 0 Å². The van der Waals surface area contributed by atoms with Crippen LogP contribution < -0.4 is 0 Å². The van der Waals surface area contributed by atoms with E-state index in [1.807, 2.05) is 0 Å². The SMILES string of the molecule is [Br][Ge]([Br])[Br].[GeH2][Br]. The monoisotopic (exact) mass is 466 g/mol. The summed E-state index contributed by atoms with van der Waals surface area (Å²) in [6.07, 6.45) is 0. The van der Waals surface area contributed by atoms with E-state index in [9.17, 15) is 0 Å². The van der Waals surface area contributed by atoms with E-state index in [0.29, 0.717) is 0 Å². The van der Waals surface area contributed by atoms with Crippen LogP contribution in [-0.4, -0.2) is 23.5 Å². The van der Waals surface area contributed by atoms with Crippen molar-refractivity contribution < 1.29 is 0 Å². The Morgan fingerprint density at radius 3 is 1.00 bits per heavy atom. The zero-order valence-corrected chi connectivity index (χ0v) is 14.1. The molecule has 0 unspecified atom stereocenters. The molecule has 0 spiro atoms. The first-order chi connectivity index (χ1) is 2.73. The van der Waals surface area contributed by atoms with Gasteiger partial charge in [-0.05, 0) is 0 Å². The maximum atomic E-state index is 3.27. The fourth-order valence-corrected chi connectivity index (χ4v) is 0. The molecule has 0 rings (SSSR count). The molecule has 0 amide bonds. The van der Waals surface area contributed by atoms with Crippen molar-refractivity contribution in [3.63, 3.8) is 0 Å². The second kappa shape index (κ2) is 10.9. The van der Waals surface area contributed by atoms with Crippen LogP contribution in [0.2, 0.25) is 0 Å². The number of rotatable bonds is 0. The number of hydrogen-bond donors (Lipinski definition) is 0. The molecule has 2 radical (unpaired) electrons. The second-order valence-corrected chi connectivity index (χ2v) is 30.1. The summed E-state index contributed by atoms with van der Waals surface area (Å²) in [7, 11) is -0.896. The van der Waals surface area contributed by atoms with Gasteiger partial charge in [-0.1, -0.05) is 0 Å². The summed E-state index contributed by atoms with van der Waals surface area (Å²) in [5.74, 6) is 0. The molecule has 0 aromatic heterocycles. The van der Waals surface area contributed by atoms with Gasteiger partial charge < -0.3 is 0 Å². The summed E-state index contributed by atoms with van der Waals surface area (Å²) in [4.78, 5) is 0. The van der Waals surface area contributed by atoms with Gasteiger partial charge in [-0.2, -0.15) is 0 Å². The van der Waals surface area contributed by atoms with Crippen molar-refractivity contribution in [2.75, 3.05) is 0 Å². The molecule has 0 nitrogen and oxygen atoms in total. The van der Waals surface area contributed by atoms with Crippen molar-refractivity contribution in [1.29, 1.82) is 0 Å². The Morgan fingerprint density at radius 2 is 1.00 bits per heavy atom. The van der Waals surface area contributed by atoms with Gasteiger partial charge in [-0.3, -0.25) is 0 Å². The van der Waals surface area contributed by atoms with Gasteiger partial charge in [0.1, 0.15) is 0 Å². The standard InChI is InChI=1S/Br3Ge.BrGeH2/c1-4(2)3;1-2/h;2H2. The molecule has 38 valence electrons. The number of hydrogen-bond acceptors (Lipinski definition) is 0. The van der Waals surface area contributed by atoms with E-state index in [0.717, 1.165) is 0 Å². The van der Waals surface area contributed by atoms with Crippen molar-refractivity contribution in [3.8, 4) is 0 Å².